The van der Waals surface area contributed by atoms with Gasteiger partial charge in [-0.15, -0.1) is 0 Å². The van der Waals surface area contributed by atoms with E-state index in [1.807, 2.05) is 37.3 Å². The topological polar surface area (TPSA) is 51.5 Å². The fraction of sp³-hybridized carbons (Fsp3) is 0.267. The minimum absolute atomic E-state index is 0.0509. The molecule has 1 heterocycles. The van der Waals surface area contributed by atoms with Crippen LogP contribution in [-0.4, -0.2) is 12.5 Å². The van der Waals surface area contributed by atoms with E-state index in [1.54, 1.807) is 12.3 Å². The lowest BCUT2D eigenvalue weighted by Crippen LogP contribution is -2.24. The number of carbonyl (C=O) groups is 1. The van der Waals surface area contributed by atoms with Gasteiger partial charge in [-0.25, -0.2) is 0 Å². The first-order valence-electron chi connectivity index (χ1n) is 6.23. The van der Waals surface area contributed by atoms with Gasteiger partial charge >= 0.3 is 0 Å². The van der Waals surface area contributed by atoms with Gasteiger partial charge in [0.2, 0.25) is 5.91 Å². The van der Waals surface area contributed by atoms with Crippen LogP contribution in [0.25, 0.3) is 0 Å². The van der Waals surface area contributed by atoms with E-state index < -0.39 is 0 Å². The number of hydrogen-bond acceptors (Lipinski definition) is 3. The van der Waals surface area contributed by atoms with E-state index in [1.165, 1.54) is 0 Å². The maximum Gasteiger partial charge on any atom is 0.223 e. The third kappa shape index (κ3) is 4.17. The molecule has 4 heteroatoms. The predicted molar refractivity (Wildman–Crippen MR) is 71.8 cm³/mol. The van der Waals surface area contributed by atoms with Gasteiger partial charge in [0.1, 0.15) is 11.5 Å². The lowest BCUT2D eigenvalue weighted by molar-refractivity contribution is -0.121. The van der Waals surface area contributed by atoms with Crippen molar-refractivity contribution in [3.8, 4) is 5.75 Å². The fourth-order valence-electron chi connectivity index (χ4n) is 1.66. The first-order chi connectivity index (χ1) is 9.25. The Morgan fingerprint density at radius 1 is 1.26 bits per heavy atom. The number of benzene rings is 1. The number of hydrogen-bond donors (Lipinski definition) is 1. The van der Waals surface area contributed by atoms with Crippen molar-refractivity contribution in [1.82, 2.24) is 5.32 Å². The third-order valence-electron chi connectivity index (χ3n) is 2.72. The van der Waals surface area contributed by atoms with Gasteiger partial charge in [-0.3, -0.25) is 4.79 Å². The van der Waals surface area contributed by atoms with Crippen LogP contribution in [0.4, 0.5) is 0 Å². The lowest BCUT2D eigenvalue weighted by Gasteiger charge is -2.08. The zero-order chi connectivity index (χ0) is 13.5. The molecular weight excluding hydrogens is 242 g/mol. The molecule has 0 fully saturated rings. The largest absolute Gasteiger partial charge is 0.493 e. The lowest BCUT2D eigenvalue weighted by atomic mass is 10.2. The van der Waals surface area contributed by atoms with Crippen LogP contribution in [0.3, 0.4) is 0 Å². The molecule has 2 aromatic rings. The van der Waals surface area contributed by atoms with Crippen LogP contribution >= 0.6 is 0 Å². The van der Waals surface area contributed by atoms with E-state index in [2.05, 4.69) is 5.32 Å². The molecule has 2 rings (SSSR count). The smallest absolute Gasteiger partial charge is 0.223 e. The maximum absolute atomic E-state index is 11.6. The summed E-state index contributed by atoms with van der Waals surface area (Å²) in [6, 6.07) is 11.4. The van der Waals surface area contributed by atoms with Gasteiger partial charge in [-0.05, 0) is 30.7 Å². The maximum atomic E-state index is 11.6. The first-order valence-corrected chi connectivity index (χ1v) is 6.23. The number of nitrogens with one attached hydrogen (secondary N) is 1. The molecule has 0 aliphatic heterocycles. The van der Waals surface area contributed by atoms with Crippen molar-refractivity contribution < 1.29 is 13.9 Å². The van der Waals surface area contributed by atoms with Crippen molar-refractivity contribution in [2.24, 2.45) is 0 Å². The molecule has 1 aromatic heterocycles. The van der Waals surface area contributed by atoms with Crippen molar-refractivity contribution in [2.75, 3.05) is 6.61 Å². The predicted octanol–water partition coefficient (Wildman–Crippen LogP) is 2.67. The Labute approximate surface area is 112 Å². The zero-order valence-corrected chi connectivity index (χ0v) is 10.9. The third-order valence-corrected chi connectivity index (χ3v) is 2.72. The monoisotopic (exact) mass is 259 g/mol. The highest BCUT2D eigenvalue weighted by atomic mass is 16.5. The highest BCUT2D eigenvalue weighted by Gasteiger charge is 2.04. The normalized spacial score (nSPS) is 10.2. The second-order valence-corrected chi connectivity index (χ2v) is 4.22. The molecular formula is C15H17NO3. The van der Waals surface area contributed by atoms with Crippen molar-refractivity contribution in [1.29, 1.82) is 0 Å². The number of amides is 1. The second-order valence-electron chi connectivity index (χ2n) is 4.22. The standard InChI is InChI=1S/C15H17NO3/c1-12-5-2-3-7-14(12)19-10-8-15(17)16-11-13-6-4-9-18-13/h2-7,9H,8,10-11H2,1H3,(H,16,17). The van der Waals surface area contributed by atoms with Crippen LogP contribution in [0, 0.1) is 6.92 Å². The molecule has 100 valence electrons. The number of carbonyl (C=O) groups excluding carboxylic acids is 1. The highest BCUT2D eigenvalue weighted by Crippen LogP contribution is 2.16. The SMILES string of the molecule is Cc1ccccc1OCCC(=O)NCc1ccco1. The fourth-order valence-corrected chi connectivity index (χ4v) is 1.66. The molecule has 0 radical (unpaired) electrons. The number of aryl methyl sites for hydroxylation is 1. The first kappa shape index (κ1) is 13.2. The van der Waals surface area contributed by atoms with E-state index in [4.69, 9.17) is 9.15 Å². The van der Waals surface area contributed by atoms with E-state index in [-0.39, 0.29) is 5.91 Å². The van der Waals surface area contributed by atoms with Gasteiger partial charge in [0.25, 0.3) is 0 Å². The average molecular weight is 259 g/mol. The van der Waals surface area contributed by atoms with Crippen molar-refractivity contribution in [3.63, 3.8) is 0 Å². The van der Waals surface area contributed by atoms with Gasteiger partial charge in [-0.1, -0.05) is 18.2 Å². The number of rotatable bonds is 6. The van der Waals surface area contributed by atoms with Gasteiger partial charge < -0.3 is 14.5 Å². The van der Waals surface area contributed by atoms with Crippen LogP contribution in [0.5, 0.6) is 5.75 Å². The summed E-state index contributed by atoms with van der Waals surface area (Å²) in [6.45, 7) is 2.76. The summed E-state index contributed by atoms with van der Waals surface area (Å²) in [6.07, 6.45) is 1.91. The summed E-state index contributed by atoms with van der Waals surface area (Å²) in [7, 11) is 0. The van der Waals surface area contributed by atoms with Crippen molar-refractivity contribution in [2.45, 2.75) is 19.9 Å². The minimum atomic E-state index is -0.0509. The summed E-state index contributed by atoms with van der Waals surface area (Å²) >= 11 is 0. The molecule has 0 atom stereocenters. The van der Waals surface area contributed by atoms with Gasteiger partial charge in [0.15, 0.2) is 0 Å². The quantitative estimate of drug-likeness (QED) is 0.867. The van der Waals surface area contributed by atoms with Gasteiger partial charge in [-0.2, -0.15) is 0 Å². The van der Waals surface area contributed by atoms with Crippen LogP contribution < -0.4 is 10.1 Å². The molecule has 1 aromatic carbocycles. The Kier molecular flexibility index (Phi) is 4.61. The molecule has 0 aliphatic carbocycles. The summed E-state index contributed by atoms with van der Waals surface area (Å²) in [4.78, 5) is 11.6. The van der Waals surface area contributed by atoms with E-state index in [9.17, 15) is 4.79 Å². The molecule has 0 spiro atoms. The van der Waals surface area contributed by atoms with Crippen LogP contribution in [0.1, 0.15) is 17.7 Å². The van der Waals surface area contributed by atoms with Gasteiger partial charge in [0, 0.05) is 0 Å². The van der Waals surface area contributed by atoms with Gasteiger partial charge in [0.05, 0.1) is 25.8 Å². The van der Waals surface area contributed by atoms with Crippen LogP contribution in [0.2, 0.25) is 0 Å². The van der Waals surface area contributed by atoms with Crippen LogP contribution in [0.15, 0.2) is 47.1 Å². The number of ether oxygens (including phenoxy) is 1. The van der Waals surface area contributed by atoms with Crippen molar-refractivity contribution >= 4 is 5.91 Å². The molecule has 0 aliphatic rings. The summed E-state index contributed by atoms with van der Waals surface area (Å²) in [5.74, 6) is 1.51. The molecule has 1 amide bonds. The molecule has 4 nitrogen and oxygen atoms in total. The Morgan fingerprint density at radius 3 is 2.84 bits per heavy atom. The Hall–Kier alpha value is -2.23. The van der Waals surface area contributed by atoms with E-state index in [0.717, 1.165) is 17.1 Å². The van der Waals surface area contributed by atoms with E-state index >= 15 is 0 Å². The molecule has 0 bridgehead atoms. The summed E-state index contributed by atoms with van der Waals surface area (Å²) < 4.78 is 10.7. The van der Waals surface area contributed by atoms with Crippen LogP contribution in [-0.2, 0) is 11.3 Å². The van der Waals surface area contributed by atoms with Crippen molar-refractivity contribution in [3.05, 3.63) is 54.0 Å². The van der Waals surface area contributed by atoms with E-state index in [0.29, 0.717) is 19.6 Å². The zero-order valence-electron chi connectivity index (χ0n) is 10.9. The summed E-state index contributed by atoms with van der Waals surface area (Å²) in [5.41, 5.74) is 1.07. The Balaban J connectivity index is 1.68. The average Bonchev–Trinajstić information content (AvgIpc) is 2.92. The second kappa shape index (κ2) is 6.64. The molecule has 0 unspecified atom stereocenters. The Bertz CT molecular complexity index is 520. The summed E-state index contributed by atoms with van der Waals surface area (Å²) in [5, 5.41) is 2.77. The Morgan fingerprint density at radius 2 is 2.11 bits per heavy atom. The number of para-hydroxylation sites is 1. The molecule has 0 saturated carbocycles. The molecule has 1 N–H and O–H groups in total. The number of furan rings is 1. The highest BCUT2D eigenvalue weighted by molar-refractivity contribution is 5.75. The minimum Gasteiger partial charge on any atom is -0.493 e. The molecule has 0 saturated heterocycles. The molecule has 19 heavy (non-hydrogen) atoms.